The first-order valence-electron chi connectivity index (χ1n) is 10.5. The molecule has 2 aliphatic heterocycles. The Morgan fingerprint density at radius 3 is 2.88 bits per heavy atom. The van der Waals surface area contributed by atoms with Gasteiger partial charge in [-0.1, -0.05) is 12.1 Å². The summed E-state index contributed by atoms with van der Waals surface area (Å²) in [6.45, 7) is 1.78. The van der Waals surface area contributed by atoms with E-state index >= 15 is 0 Å². The van der Waals surface area contributed by atoms with Crippen molar-refractivity contribution in [1.82, 2.24) is 14.5 Å². The number of benzene rings is 2. The standard InChI is InChI=1S/C24H20FN5O2/c25-17-5-3-15(4-6-17)21-14-29(10-11-32-21)24-28-20-2-1-9-26-23(20)30(24)18-7-8-19-16(12-18)13-22(31)27-19/h1-9,12,21H,10-11,13-14H2,(H,27,31). The van der Waals surface area contributed by atoms with Gasteiger partial charge in [0.15, 0.2) is 5.65 Å². The lowest BCUT2D eigenvalue weighted by molar-refractivity contribution is -0.115. The number of ether oxygens (including phenoxy) is 1. The highest BCUT2D eigenvalue weighted by molar-refractivity contribution is 5.99. The quantitative estimate of drug-likeness (QED) is 0.539. The van der Waals surface area contributed by atoms with Crippen LogP contribution in [0.2, 0.25) is 0 Å². The molecule has 0 radical (unpaired) electrons. The van der Waals surface area contributed by atoms with Gasteiger partial charge in [-0.05, 0) is 53.6 Å². The minimum atomic E-state index is -0.265. The van der Waals surface area contributed by atoms with Crippen LogP contribution in [0.25, 0.3) is 16.9 Å². The molecule has 160 valence electrons. The Bertz CT molecular complexity index is 1330. The molecule has 6 rings (SSSR count). The zero-order valence-electron chi connectivity index (χ0n) is 17.2. The van der Waals surface area contributed by atoms with Gasteiger partial charge in [0.05, 0.1) is 25.3 Å². The molecule has 0 aliphatic carbocycles. The molecule has 0 bridgehead atoms. The monoisotopic (exact) mass is 429 g/mol. The zero-order valence-corrected chi connectivity index (χ0v) is 17.2. The molecule has 0 spiro atoms. The lowest BCUT2D eigenvalue weighted by Gasteiger charge is -2.34. The van der Waals surface area contributed by atoms with E-state index in [1.54, 1.807) is 18.3 Å². The first-order chi connectivity index (χ1) is 15.7. The maximum absolute atomic E-state index is 13.4. The maximum atomic E-state index is 13.4. The van der Waals surface area contributed by atoms with Gasteiger partial charge >= 0.3 is 0 Å². The molecule has 32 heavy (non-hydrogen) atoms. The summed E-state index contributed by atoms with van der Waals surface area (Å²) in [5, 5.41) is 2.88. The zero-order chi connectivity index (χ0) is 21.7. The predicted octanol–water partition coefficient (Wildman–Crippen LogP) is 3.63. The second kappa shape index (κ2) is 7.42. The Hall–Kier alpha value is -3.78. The number of morpholine rings is 1. The molecule has 0 saturated carbocycles. The van der Waals surface area contributed by atoms with Crippen molar-refractivity contribution in [2.75, 3.05) is 29.9 Å². The molecule has 1 N–H and O–H groups in total. The largest absolute Gasteiger partial charge is 0.370 e. The summed E-state index contributed by atoms with van der Waals surface area (Å²) in [5.41, 5.74) is 5.19. The highest BCUT2D eigenvalue weighted by Crippen LogP contribution is 2.33. The van der Waals surface area contributed by atoms with Crippen LogP contribution < -0.4 is 10.2 Å². The molecule has 1 unspecified atom stereocenters. The molecule has 2 aromatic heterocycles. The normalized spacial score (nSPS) is 18.1. The number of nitrogens with zero attached hydrogens (tertiary/aromatic N) is 4. The molecule has 4 aromatic rings. The Kier molecular flexibility index (Phi) is 4.39. The molecule has 1 fully saturated rings. The van der Waals surface area contributed by atoms with Gasteiger partial charge in [0, 0.05) is 18.4 Å². The van der Waals surface area contributed by atoms with Gasteiger partial charge in [0.2, 0.25) is 11.9 Å². The van der Waals surface area contributed by atoms with Gasteiger partial charge in [-0.2, -0.15) is 0 Å². The molecule has 1 atom stereocenters. The fourth-order valence-electron chi connectivity index (χ4n) is 4.42. The second-order valence-corrected chi connectivity index (χ2v) is 8.02. The van der Waals surface area contributed by atoms with Crippen LogP contribution in [0.4, 0.5) is 16.0 Å². The number of aromatic nitrogens is 3. The average Bonchev–Trinajstić information content (AvgIpc) is 3.38. The molecule has 1 amide bonds. The number of halogens is 1. The van der Waals surface area contributed by atoms with E-state index in [1.807, 2.05) is 34.9 Å². The van der Waals surface area contributed by atoms with E-state index in [4.69, 9.17) is 9.72 Å². The summed E-state index contributed by atoms with van der Waals surface area (Å²) >= 11 is 0. The van der Waals surface area contributed by atoms with Crippen LogP contribution >= 0.6 is 0 Å². The number of pyridine rings is 1. The van der Waals surface area contributed by atoms with Crippen molar-refractivity contribution in [3.63, 3.8) is 0 Å². The summed E-state index contributed by atoms with van der Waals surface area (Å²) < 4.78 is 21.4. The van der Waals surface area contributed by atoms with Crippen LogP contribution in [0, 0.1) is 5.82 Å². The highest BCUT2D eigenvalue weighted by atomic mass is 19.1. The van der Waals surface area contributed by atoms with Crippen LogP contribution in [0.15, 0.2) is 60.8 Å². The molecule has 7 nitrogen and oxygen atoms in total. The second-order valence-electron chi connectivity index (χ2n) is 8.02. The number of imidazole rings is 1. The number of amides is 1. The number of hydrogen-bond acceptors (Lipinski definition) is 5. The summed E-state index contributed by atoms with van der Waals surface area (Å²) in [6.07, 6.45) is 1.93. The van der Waals surface area contributed by atoms with Crippen molar-refractivity contribution >= 4 is 28.7 Å². The van der Waals surface area contributed by atoms with Gasteiger partial charge in [-0.3, -0.25) is 9.36 Å². The number of rotatable bonds is 3. The van der Waals surface area contributed by atoms with E-state index in [2.05, 4.69) is 15.2 Å². The lowest BCUT2D eigenvalue weighted by atomic mass is 10.1. The minimum absolute atomic E-state index is 0.00121. The third-order valence-electron chi connectivity index (χ3n) is 5.96. The third kappa shape index (κ3) is 3.20. The SMILES string of the molecule is O=C1Cc2cc(-n3c(N4CCOC(c5ccc(F)cc5)C4)nc4cccnc43)ccc2N1. The van der Waals surface area contributed by atoms with E-state index in [1.165, 1.54) is 12.1 Å². The van der Waals surface area contributed by atoms with Crippen molar-refractivity contribution in [2.24, 2.45) is 0 Å². The Balaban J connectivity index is 1.42. The Morgan fingerprint density at radius 2 is 2.00 bits per heavy atom. The molecular weight excluding hydrogens is 409 g/mol. The van der Waals surface area contributed by atoms with Gasteiger partial charge in [-0.15, -0.1) is 0 Å². The number of nitrogens with one attached hydrogen (secondary N) is 1. The average molecular weight is 429 g/mol. The number of carbonyl (C=O) groups is 1. The molecule has 4 heterocycles. The predicted molar refractivity (Wildman–Crippen MR) is 119 cm³/mol. The highest BCUT2D eigenvalue weighted by Gasteiger charge is 2.28. The fraction of sp³-hybridized carbons (Fsp3) is 0.208. The molecule has 2 aromatic carbocycles. The first kappa shape index (κ1) is 18.9. The minimum Gasteiger partial charge on any atom is -0.370 e. The van der Waals surface area contributed by atoms with E-state index in [-0.39, 0.29) is 17.8 Å². The van der Waals surface area contributed by atoms with Crippen molar-refractivity contribution < 1.29 is 13.9 Å². The number of fused-ring (bicyclic) bond motifs is 2. The number of hydrogen-bond donors (Lipinski definition) is 1. The third-order valence-corrected chi connectivity index (χ3v) is 5.96. The number of anilines is 2. The summed E-state index contributed by atoms with van der Waals surface area (Å²) in [7, 11) is 0. The van der Waals surface area contributed by atoms with Crippen molar-refractivity contribution in [2.45, 2.75) is 12.5 Å². The van der Waals surface area contributed by atoms with E-state index < -0.39 is 0 Å². The van der Waals surface area contributed by atoms with Crippen LogP contribution in [-0.4, -0.2) is 40.1 Å². The smallest absolute Gasteiger partial charge is 0.228 e. The summed E-state index contributed by atoms with van der Waals surface area (Å²) in [4.78, 5) is 23.5. The first-order valence-corrected chi connectivity index (χ1v) is 10.5. The summed E-state index contributed by atoms with van der Waals surface area (Å²) in [6, 6.07) is 16.2. The van der Waals surface area contributed by atoms with Gasteiger partial charge in [0.1, 0.15) is 17.4 Å². The van der Waals surface area contributed by atoms with E-state index in [9.17, 15) is 9.18 Å². The summed E-state index contributed by atoms with van der Waals surface area (Å²) in [5.74, 6) is 0.506. The van der Waals surface area contributed by atoms with Crippen LogP contribution in [-0.2, 0) is 16.0 Å². The maximum Gasteiger partial charge on any atom is 0.228 e. The van der Waals surface area contributed by atoms with E-state index in [0.29, 0.717) is 26.1 Å². The van der Waals surface area contributed by atoms with Gasteiger partial charge < -0.3 is 15.0 Å². The molecule has 8 heteroatoms. The fourth-order valence-corrected chi connectivity index (χ4v) is 4.42. The Labute approximate surface area is 183 Å². The van der Waals surface area contributed by atoms with Crippen LogP contribution in [0.1, 0.15) is 17.2 Å². The molecule has 2 aliphatic rings. The van der Waals surface area contributed by atoms with Crippen molar-refractivity contribution in [3.05, 3.63) is 77.7 Å². The van der Waals surface area contributed by atoms with Crippen molar-refractivity contribution in [3.8, 4) is 5.69 Å². The molecular formula is C24H20FN5O2. The van der Waals surface area contributed by atoms with Gasteiger partial charge in [-0.25, -0.2) is 14.4 Å². The topological polar surface area (TPSA) is 72.3 Å². The van der Waals surface area contributed by atoms with Gasteiger partial charge in [0.25, 0.3) is 0 Å². The van der Waals surface area contributed by atoms with Crippen LogP contribution in [0.5, 0.6) is 0 Å². The number of carbonyl (C=O) groups excluding carboxylic acids is 1. The lowest BCUT2D eigenvalue weighted by Crippen LogP contribution is -2.39. The Morgan fingerprint density at radius 1 is 1.12 bits per heavy atom. The molecule has 1 saturated heterocycles. The van der Waals surface area contributed by atoms with Crippen molar-refractivity contribution in [1.29, 1.82) is 0 Å². The van der Waals surface area contributed by atoms with E-state index in [0.717, 1.165) is 39.6 Å². The van der Waals surface area contributed by atoms with Crippen LogP contribution in [0.3, 0.4) is 0 Å².